The number of aliphatic hydroxyl groups excluding tert-OH is 1. The zero-order chi connectivity index (χ0) is 22.9. The maximum atomic E-state index is 13.6. The highest BCUT2D eigenvalue weighted by atomic mass is 16.5. The molecule has 0 bridgehead atoms. The Morgan fingerprint density at radius 1 is 1.28 bits per heavy atom. The molecule has 2 saturated heterocycles. The van der Waals surface area contributed by atoms with Gasteiger partial charge in [-0.2, -0.15) is 0 Å². The van der Waals surface area contributed by atoms with Crippen LogP contribution in [0, 0.1) is 5.41 Å². The summed E-state index contributed by atoms with van der Waals surface area (Å²) >= 11 is 0. The topological polar surface area (TPSA) is 106 Å². The fourth-order valence-electron chi connectivity index (χ4n) is 5.65. The Kier molecular flexibility index (Phi) is 6.46. The summed E-state index contributed by atoms with van der Waals surface area (Å²) in [6, 6.07) is 1.95. The fraction of sp³-hybridized carbons (Fsp3) is 0.696. The summed E-state index contributed by atoms with van der Waals surface area (Å²) in [7, 11) is 1.56. The molecule has 1 saturated carbocycles. The van der Waals surface area contributed by atoms with Crippen LogP contribution in [0.1, 0.15) is 51.9 Å². The van der Waals surface area contributed by atoms with Crippen molar-refractivity contribution in [1.82, 2.24) is 9.88 Å². The smallest absolute Gasteiger partial charge is 0.411 e. The molecule has 1 aromatic rings. The average Bonchev–Trinajstić information content (AvgIpc) is 3.09. The molecule has 0 aromatic carbocycles. The van der Waals surface area contributed by atoms with Crippen molar-refractivity contribution in [1.29, 1.82) is 0 Å². The summed E-state index contributed by atoms with van der Waals surface area (Å²) in [4.78, 5) is 35.0. The lowest BCUT2D eigenvalue weighted by molar-refractivity contribution is -0.139. The van der Waals surface area contributed by atoms with E-state index in [1.54, 1.807) is 26.3 Å². The molecule has 0 radical (unpaired) electrons. The molecule has 1 aromatic heterocycles. The third-order valence-corrected chi connectivity index (χ3v) is 7.43. The number of nitrogens with zero attached hydrogens (tertiary/aromatic N) is 4. The number of amides is 2. The zero-order valence-electron chi connectivity index (χ0n) is 19.0. The predicted molar refractivity (Wildman–Crippen MR) is 120 cm³/mol. The van der Waals surface area contributed by atoms with E-state index in [1.165, 1.54) is 4.90 Å². The Labute approximate surface area is 189 Å². The number of ether oxygens (including phenoxy) is 1. The van der Waals surface area contributed by atoms with E-state index in [0.717, 1.165) is 58.0 Å². The van der Waals surface area contributed by atoms with Gasteiger partial charge in [-0.05, 0) is 51.9 Å². The van der Waals surface area contributed by atoms with Gasteiger partial charge in [0.25, 0.3) is 0 Å². The Bertz CT molecular complexity index is 857. The summed E-state index contributed by atoms with van der Waals surface area (Å²) in [5, 5.41) is 19.2. The van der Waals surface area contributed by atoms with Crippen LogP contribution < -0.4 is 14.5 Å². The summed E-state index contributed by atoms with van der Waals surface area (Å²) in [6.07, 6.45) is 6.20. The lowest BCUT2D eigenvalue weighted by atomic mass is 9.78. The van der Waals surface area contributed by atoms with Crippen molar-refractivity contribution in [2.45, 2.75) is 64.0 Å². The predicted octanol–water partition coefficient (Wildman–Crippen LogP) is 2.72. The van der Waals surface area contributed by atoms with Crippen LogP contribution in [0.2, 0.25) is 0 Å². The molecule has 4 rings (SSSR count). The number of aromatic nitrogens is 1. The number of carbonyl (C=O) groups is 2. The molecule has 3 aliphatic rings. The quantitative estimate of drug-likeness (QED) is 0.716. The lowest BCUT2D eigenvalue weighted by Crippen LogP contribution is -2.50. The van der Waals surface area contributed by atoms with Gasteiger partial charge in [0.2, 0.25) is 5.91 Å². The molecule has 176 valence electrons. The molecule has 32 heavy (non-hydrogen) atoms. The van der Waals surface area contributed by atoms with Crippen LogP contribution >= 0.6 is 0 Å². The number of hydrogen-bond donors (Lipinski definition) is 2. The minimum atomic E-state index is -1.03. The monoisotopic (exact) mass is 446 g/mol. The number of hydrogen-bond acceptors (Lipinski definition) is 6. The van der Waals surface area contributed by atoms with Crippen LogP contribution in [0.25, 0.3) is 0 Å². The highest BCUT2D eigenvalue weighted by Crippen LogP contribution is 2.44. The first-order valence-electron chi connectivity index (χ1n) is 11.7. The van der Waals surface area contributed by atoms with Gasteiger partial charge in [0.15, 0.2) is 11.6 Å². The second-order valence-electron chi connectivity index (χ2n) is 9.26. The molecule has 1 atom stereocenters. The van der Waals surface area contributed by atoms with Crippen LogP contribution in [0.4, 0.5) is 16.3 Å². The molecule has 3 fully saturated rings. The Morgan fingerprint density at radius 3 is 2.69 bits per heavy atom. The number of rotatable bonds is 5. The highest BCUT2D eigenvalue weighted by molar-refractivity contribution is 5.87. The molecule has 2 N–H and O–H groups in total. The minimum Gasteiger partial charge on any atom is -0.493 e. The number of carbonyl (C=O) groups excluding carboxylic acids is 1. The van der Waals surface area contributed by atoms with Crippen molar-refractivity contribution in [2.24, 2.45) is 5.41 Å². The van der Waals surface area contributed by atoms with Gasteiger partial charge in [0.1, 0.15) is 0 Å². The normalized spacial score (nSPS) is 28.3. The van der Waals surface area contributed by atoms with E-state index in [9.17, 15) is 19.8 Å². The molecule has 9 nitrogen and oxygen atoms in total. The summed E-state index contributed by atoms with van der Waals surface area (Å²) in [6.45, 7) is 4.24. The standard InChI is InChI=1S/C23H34N4O5/c1-3-26(22(30)31)17-13-19(32-2)20(24-14-17)25-11-4-9-23(15-25)10-12-27(21(23)29)16-5-7-18(28)8-6-16/h13-14,16,18,28H,3-12,15H2,1-2H3,(H,30,31)/t16?,18?,23-/m0/s1. The molecular formula is C23H34N4O5. The summed E-state index contributed by atoms with van der Waals surface area (Å²) < 4.78 is 5.58. The molecule has 0 unspecified atom stereocenters. The second-order valence-corrected chi connectivity index (χ2v) is 9.26. The van der Waals surface area contributed by atoms with Gasteiger partial charge in [0.05, 0.1) is 30.5 Å². The van der Waals surface area contributed by atoms with Crippen molar-refractivity contribution in [3.63, 3.8) is 0 Å². The molecule has 2 amide bonds. The van der Waals surface area contributed by atoms with E-state index in [1.807, 2.05) is 0 Å². The van der Waals surface area contributed by atoms with E-state index in [0.29, 0.717) is 30.3 Å². The summed E-state index contributed by atoms with van der Waals surface area (Å²) in [5.41, 5.74) is 0.0610. The Balaban J connectivity index is 1.53. The molecular weight excluding hydrogens is 412 g/mol. The number of aliphatic hydroxyl groups is 1. The van der Waals surface area contributed by atoms with Crippen LogP contribution in [0.15, 0.2) is 12.3 Å². The van der Waals surface area contributed by atoms with Gasteiger partial charge in [-0.15, -0.1) is 0 Å². The minimum absolute atomic E-state index is 0.227. The van der Waals surface area contributed by atoms with Crippen molar-refractivity contribution in [2.75, 3.05) is 43.1 Å². The first-order valence-corrected chi connectivity index (χ1v) is 11.7. The Morgan fingerprint density at radius 2 is 2.03 bits per heavy atom. The first kappa shape index (κ1) is 22.6. The number of anilines is 2. The summed E-state index contributed by atoms with van der Waals surface area (Å²) in [5.74, 6) is 1.41. The van der Waals surface area contributed by atoms with Gasteiger partial charge in [-0.3, -0.25) is 9.69 Å². The van der Waals surface area contributed by atoms with Gasteiger partial charge >= 0.3 is 6.09 Å². The highest BCUT2D eigenvalue weighted by Gasteiger charge is 2.51. The largest absolute Gasteiger partial charge is 0.493 e. The second kappa shape index (κ2) is 9.13. The number of methoxy groups -OCH3 is 1. The third-order valence-electron chi connectivity index (χ3n) is 7.43. The molecule has 1 aliphatic carbocycles. The van der Waals surface area contributed by atoms with Gasteiger partial charge in [-0.1, -0.05) is 0 Å². The maximum absolute atomic E-state index is 13.6. The lowest BCUT2D eigenvalue weighted by Gasteiger charge is -2.41. The van der Waals surface area contributed by atoms with Crippen LogP contribution in [0.5, 0.6) is 5.75 Å². The van der Waals surface area contributed by atoms with Crippen molar-refractivity contribution >= 4 is 23.5 Å². The SMILES string of the molecule is CCN(C(=O)O)c1cnc(N2CCC[C@]3(CCN(C4CCC(O)CC4)C3=O)C2)c(OC)c1. The van der Waals surface area contributed by atoms with Crippen LogP contribution in [0.3, 0.4) is 0 Å². The third kappa shape index (κ3) is 4.10. The zero-order valence-corrected chi connectivity index (χ0v) is 19.0. The number of carboxylic acid groups (broad SMARTS) is 1. The van der Waals surface area contributed by atoms with E-state index >= 15 is 0 Å². The van der Waals surface area contributed by atoms with E-state index in [4.69, 9.17) is 4.74 Å². The first-order chi connectivity index (χ1) is 15.4. The van der Waals surface area contributed by atoms with Gasteiger partial charge < -0.3 is 24.7 Å². The van der Waals surface area contributed by atoms with Crippen molar-refractivity contribution < 1.29 is 24.5 Å². The molecule has 9 heteroatoms. The Hall–Kier alpha value is -2.55. The van der Waals surface area contributed by atoms with Gasteiger partial charge in [0, 0.05) is 38.3 Å². The fourth-order valence-corrected chi connectivity index (χ4v) is 5.65. The average molecular weight is 447 g/mol. The number of piperidine rings is 1. The maximum Gasteiger partial charge on any atom is 0.411 e. The molecule has 1 spiro atoms. The number of pyridine rings is 1. The van der Waals surface area contributed by atoms with Crippen molar-refractivity contribution in [3.05, 3.63) is 12.3 Å². The van der Waals surface area contributed by atoms with E-state index in [-0.39, 0.29) is 18.1 Å². The number of likely N-dealkylation sites (tertiary alicyclic amines) is 1. The molecule has 2 aliphatic heterocycles. The van der Waals surface area contributed by atoms with Crippen molar-refractivity contribution in [3.8, 4) is 5.75 Å². The van der Waals surface area contributed by atoms with E-state index in [2.05, 4.69) is 14.8 Å². The van der Waals surface area contributed by atoms with E-state index < -0.39 is 11.5 Å². The molecule has 3 heterocycles. The van der Waals surface area contributed by atoms with Gasteiger partial charge in [-0.25, -0.2) is 9.78 Å². The van der Waals surface area contributed by atoms with Crippen LogP contribution in [-0.4, -0.2) is 77.5 Å². The van der Waals surface area contributed by atoms with Crippen LogP contribution in [-0.2, 0) is 4.79 Å².